The van der Waals surface area contributed by atoms with E-state index in [2.05, 4.69) is 15.2 Å². The van der Waals surface area contributed by atoms with Crippen LogP contribution < -0.4 is 4.74 Å². The van der Waals surface area contributed by atoms with Gasteiger partial charge in [0.1, 0.15) is 36.3 Å². The van der Waals surface area contributed by atoms with Gasteiger partial charge in [0.05, 0.1) is 31.2 Å². The Hall–Kier alpha value is -3.63. The van der Waals surface area contributed by atoms with Crippen LogP contribution >= 0.6 is 11.6 Å². The minimum atomic E-state index is -4.81. The van der Waals surface area contributed by atoms with Gasteiger partial charge >= 0.3 is 6.18 Å². The van der Waals surface area contributed by atoms with Crippen LogP contribution in [0, 0.1) is 18.6 Å². The highest BCUT2D eigenvalue weighted by Crippen LogP contribution is 2.41. The molecule has 42 heavy (non-hydrogen) atoms. The maximum absolute atomic E-state index is 14.7. The van der Waals surface area contributed by atoms with Gasteiger partial charge in [0.2, 0.25) is 5.82 Å². The number of hydrogen-bond donors (Lipinski definition) is 3. The number of rotatable bonds is 6. The van der Waals surface area contributed by atoms with Gasteiger partial charge in [0.15, 0.2) is 17.4 Å². The van der Waals surface area contributed by atoms with Crippen LogP contribution in [0.5, 0.6) is 5.75 Å². The molecule has 5 atom stereocenters. The highest BCUT2D eigenvalue weighted by atomic mass is 35.5. The predicted molar refractivity (Wildman–Crippen MR) is 136 cm³/mol. The van der Waals surface area contributed by atoms with E-state index in [-0.39, 0.29) is 33.5 Å². The number of aromatic nitrogens is 5. The molecule has 1 aliphatic rings. The molecular weight excluding hydrogens is 593 g/mol. The summed E-state index contributed by atoms with van der Waals surface area (Å²) in [5.41, 5.74) is -1.71. The molecule has 1 fully saturated rings. The highest BCUT2D eigenvalue weighted by Gasteiger charge is 2.48. The first-order valence-electron chi connectivity index (χ1n) is 12.3. The van der Waals surface area contributed by atoms with E-state index in [0.717, 1.165) is 33.8 Å². The molecule has 0 bridgehead atoms. The lowest BCUT2D eigenvalue weighted by Crippen LogP contribution is -2.53. The number of methoxy groups -OCH3 is 1. The number of aliphatic hydroxyl groups is 3. The molecule has 3 heterocycles. The fourth-order valence-electron chi connectivity index (χ4n) is 4.89. The predicted octanol–water partition coefficient (Wildman–Crippen LogP) is 3.79. The molecule has 0 unspecified atom stereocenters. The summed E-state index contributed by atoms with van der Waals surface area (Å²) in [7, 11) is 1.18. The SMILES string of the molecule is COc1ccc(-c2cnn([C@H]3[C@@H](O)[C@@H](CO)O[C@@H](c4nc(C)nn4-c4cc(Cl)ccc4C(F)(F)F)[C@@H]3O)c2)c(F)c1F. The van der Waals surface area contributed by atoms with Crippen molar-refractivity contribution in [1.82, 2.24) is 24.5 Å². The van der Waals surface area contributed by atoms with Crippen molar-refractivity contribution in [3.05, 3.63) is 76.6 Å². The summed E-state index contributed by atoms with van der Waals surface area (Å²) in [5, 5.41) is 40.5. The van der Waals surface area contributed by atoms with Crippen LogP contribution in [0.15, 0.2) is 42.7 Å². The molecule has 0 saturated carbocycles. The third-order valence-corrected chi connectivity index (χ3v) is 7.10. The quantitative estimate of drug-likeness (QED) is 0.280. The van der Waals surface area contributed by atoms with E-state index in [1.807, 2.05) is 0 Å². The first-order chi connectivity index (χ1) is 19.8. The zero-order valence-electron chi connectivity index (χ0n) is 21.8. The monoisotopic (exact) mass is 615 g/mol. The fourth-order valence-corrected chi connectivity index (χ4v) is 5.06. The summed E-state index contributed by atoms with van der Waals surface area (Å²) in [6, 6.07) is 3.93. The van der Waals surface area contributed by atoms with E-state index in [4.69, 9.17) is 21.1 Å². The Morgan fingerprint density at radius 1 is 1.10 bits per heavy atom. The van der Waals surface area contributed by atoms with Gasteiger partial charge in [-0.15, -0.1) is 0 Å². The molecule has 0 amide bonds. The summed E-state index contributed by atoms with van der Waals surface area (Å²) >= 11 is 6.00. The maximum Gasteiger partial charge on any atom is 0.418 e. The van der Waals surface area contributed by atoms with Crippen LogP contribution in [-0.4, -0.2) is 71.9 Å². The molecule has 1 saturated heterocycles. The molecule has 16 heteroatoms. The Balaban J connectivity index is 1.58. The molecule has 0 spiro atoms. The molecule has 0 radical (unpaired) electrons. The van der Waals surface area contributed by atoms with Crippen molar-refractivity contribution >= 4 is 11.6 Å². The minimum Gasteiger partial charge on any atom is -0.494 e. The average Bonchev–Trinajstić information content (AvgIpc) is 3.56. The van der Waals surface area contributed by atoms with Crippen molar-refractivity contribution in [1.29, 1.82) is 0 Å². The molecule has 5 rings (SSSR count). The lowest BCUT2D eigenvalue weighted by Gasteiger charge is -2.42. The van der Waals surface area contributed by atoms with Crippen LogP contribution in [0.1, 0.15) is 29.4 Å². The van der Waals surface area contributed by atoms with Gasteiger partial charge in [-0.05, 0) is 37.3 Å². The molecule has 3 N–H and O–H groups in total. The van der Waals surface area contributed by atoms with Gasteiger partial charge < -0.3 is 24.8 Å². The van der Waals surface area contributed by atoms with Crippen LogP contribution in [0.2, 0.25) is 5.02 Å². The number of ether oxygens (including phenoxy) is 2. The third-order valence-electron chi connectivity index (χ3n) is 6.86. The largest absolute Gasteiger partial charge is 0.494 e. The Bertz CT molecular complexity index is 1610. The molecule has 1 aliphatic heterocycles. The molecule has 224 valence electrons. The van der Waals surface area contributed by atoms with Crippen molar-refractivity contribution in [2.75, 3.05) is 13.7 Å². The number of aliphatic hydroxyl groups excluding tert-OH is 3. The summed E-state index contributed by atoms with van der Waals surface area (Å²) in [5.74, 6) is -3.03. The molecule has 2 aromatic carbocycles. The van der Waals surface area contributed by atoms with Gasteiger partial charge in [0.25, 0.3) is 0 Å². The third kappa shape index (κ3) is 5.22. The zero-order chi connectivity index (χ0) is 30.5. The molecule has 0 aliphatic carbocycles. The van der Waals surface area contributed by atoms with Gasteiger partial charge in [-0.1, -0.05) is 11.6 Å². The van der Waals surface area contributed by atoms with Gasteiger partial charge in [-0.2, -0.15) is 27.8 Å². The highest BCUT2D eigenvalue weighted by molar-refractivity contribution is 6.30. The fraction of sp³-hybridized carbons (Fsp3) is 0.346. The van der Waals surface area contributed by atoms with E-state index in [9.17, 15) is 37.3 Å². The van der Waals surface area contributed by atoms with Gasteiger partial charge in [0, 0.05) is 22.3 Å². The van der Waals surface area contributed by atoms with Crippen molar-refractivity contribution in [3.63, 3.8) is 0 Å². The van der Waals surface area contributed by atoms with Gasteiger partial charge in [-0.3, -0.25) is 4.68 Å². The second kappa shape index (κ2) is 11.2. The number of nitrogens with zero attached hydrogens (tertiary/aromatic N) is 5. The van der Waals surface area contributed by atoms with E-state index in [1.165, 1.54) is 32.4 Å². The normalized spacial score (nSPS) is 22.9. The smallest absolute Gasteiger partial charge is 0.418 e. The second-order valence-electron chi connectivity index (χ2n) is 9.49. The molecule has 4 aromatic rings. The number of benzene rings is 2. The summed E-state index contributed by atoms with van der Waals surface area (Å²) in [6.07, 6.45) is -8.65. The Labute approximate surface area is 239 Å². The van der Waals surface area contributed by atoms with Crippen LogP contribution in [-0.2, 0) is 10.9 Å². The Morgan fingerprint density at radius 2 is 1.83 bits per heavy atom. The van der Waals surface area contributed by atoms with Crippen molar-refractivity contribution < 1.29 is 46.7 Å². The Kier molecular flexibility index (Phi) is 7.98. The van der Waals surface area contributed by atoms with E-state index < -0.39 is 66.1 Å². The average molecular weight is 616 g/mol. The maximum atomic E-state index is 14.7. The summed E-state index contributed by atoms with van der Waals surface area (Å²) in [4.78, 5) is 4.19. The topological polar surface area (TPSA) is 128 Å². The van der Waals surface area contributed by atoms with E-state index in [0.29, 0.717) is 0 Å². The van der Waals surface area contributed by atoms with Gasteiger partial charge in [-0.25, -0.2) is 14.1 Å². The second-order valence-corrected chi connectivity index (χ2v) is 9.93. The van der Waals surface area contributed by atoms with Crippen LogP contribution in [0.3, 0.4) is 0 Å². The summed E-state index contributed by atoms with van der Waals surface area (Å²) < 4.78 is 83.1. The van der Waals surface area contributed by atoms with Crippen molar-refractivity contribution in [3.8, 4) is 22.6 Å². The molecule has 10 nitrogen and oxygen atoms in total. The standard InChI is InChI=1S/C26H23ClF5N5O5/c1-11-34-25(37(35-11)16-7-13(27)3-5-15(16)26(30,31)32)24-23(40)21(22(39)18(10-38)42-24)36-9-12(8-33-36)14-4-6-17(41-2)20(29)19(14)28/h3-9,18,21-24,38-40H,10H2,1-2H3/t18-,21+,22+,23-,24-/m1/s1. The van der Waals surface area contributed by atoms with E-state index >= 15 is 0 Å². The van der Waals surface area contributed by atoms with E-state index in [1.54, 1.807) is 0 Å². The number of hydrogen-bond acceptors (Lipinski definition) is 8. The number of aryl methyl sites for hydroxylation is 1. The van der Waals surface area contributed by atoms with Crippen LogP contribution in [0.25, 0.3) is 16.8 Å². The van der Waals surface area contributed by atoms with Crippen molar-refractivity contribution in [2.24, 2.45) is 0 Å². The summed E-state index contributed by atoms with van der Waals surface area (Å²) in [6.45, 7) is 0.649. The first-order valence-corrected chi connectivity index (χ1v) is 12.7. The number of alkyl halides is 3. The van der Waals surface area contributed by atoms with Crippen LogP contribution in [0.4, 0.5) is 22.0 Å². The van der Waals surface area contributed by atoms with Crippen molar-refractivity contribution in [2.45, 2.75) is 43.6 Å². The lowest BCUT2D eigenvalue weighted by molar-refractivity contribution is -0.210. The zero-order valence-corrected chi connectivity index (χ0v) is 22.6. The Morgan fingerprint density at radius 3 is 2.50 bits per heavy atom. The number of halogens is 6. The lowest BCUT2D eigenvalue weighted by atomic mass is 9.92. The minimum absolute atomic E-state index is 0.0236. The molecular formula is C26H23ClF5N5O5. The first kappa shape index (κ1) is 29.8. The molecule has 2 aromatic heterocycles.